The number of aromatic nitrogens is 1. The first-order chi connectivity index (χ1) is 9.22. The van der Waals surface area contributed by atoms with Crippen LogP contribution in [0.15, 0.2) is 5.38 Å². The normalized spacial score (nSPS) is 22.1. The Kier molecular flexibility index (Phi) is 3.81. The minimum atomic E-state index is -0.0755. The highest BCUT2D eigenvalue weighted by atomic mass is 35.5. The summed E-state index contributed by atoms with van der Waals surface area (Å²) in [4.78, 5) is 18.3. The van der Waals surface area contributed by atoms with E-state index in [1.807, 2.05) is 5.38 Å². The summed E-state index contributed by atoms with van der Waals surface area (Å²) in [6.45, 7) is 2.17. The van der Waals surface area contributed by atoms with E-state index in [2.05, 4.69) is 9.88 Å². The zero-order valence-corrected chi connectivity index (χ0v) is 12.6. The fourth-order valence-electron chi connectivity index (χ4n) is 3.40. The van der Waals surface area contributed by atoms with Crippen LogP contribution in [0.5, 0.6) is 0 Å². The van der Waals surface area contributed by atoms with Crippen molar-refractivity contribution in [3.8, 4) is 0 Å². The van der Waals surface area contributed by atoms with Crippen molar-refractivity contribution in [1.29, 1.82) is 0 Å². The third-order valence-electron chi connectivity index (χ3n) is 4.66. The predicted octanol–water partition coefficient (Wildman–Crippen LogP) is 3.73. The third kappa shape index (κ3) is 2.65. The van der Waals surface area contributed by atoms with E-state index in [4.69, 9.17) is 11.6 Å². The lowest BCUT2D eigenvalue weighted by atomic mass is 9.77. The maximum atomic E-state index is 11.5. The summed E-state index contributed by atoms with van der Waals surface area (Å²) >= 11 is 7.13. The number of Topliss-reactive ketones (excluding diaryl/α,β-unsaturated/α-hetero) is 1. The standard InChI is InChI=1S/C14H19ClN2OS/c15-9-12(18)11-10-19-13(16-11)17-7-5-14(6-8-17)3-1-2-4-14/h10H,1-9H2. The Balaban J connectivity index is 1.65. The number of hydrogen-bond donors (Lipinski definition) is 0. The molecule has 1 spiro atoms. The van der Waals surface area contributed by atoms with Crippen molar-refractivity contribution >= 4 is 33.9 Å². The van der Waals surface area contributed by atoms with E-state index >= 15 is 0 Å². The number of alkyl halides is 1. The van der Waals surface area contributed by atoms with Crippen molar-refractivity contribution in [3.05, 3.63) is 11.1 Å². The van der Waals surface area contributed by atoms with Gasteiger partial charge in [-0.15, -0.1) is 22.9 Å². The summed E-state index contributed by atoms with van der Waals surface area (Å²) in [6.07, 6.45) is 8.21. The average molecular weight is 299 g/mol. The fourth-order valence-corrected chi connectivity index (χ4v) is 4.42. The van der Waals surface area contributed by atoms with E-state index < -0.39 is 0 Å². The fraction of sp³-hybridized carbons (Fsp3) is 0.714. The Morgan fingerprint density at radius 1 is 1.32 bits per heavy atom. The number of anilines is 1. The van der Waals surface area contributed by atoms with Gasteiger partial charge in [-0.2, -0.15) is 0 Å². The molecule has 0 N–H and O–H groups in total. The maximum absolute atomic E-state index is 11.5. The second kappa shape index (κ2) is 5.41. The second-order valence-corrected chi connectivity index (χ2v) is 6.87. The summed E-state index contributed by atoms with van der Waals surface area (Å²) in [6, 6.07) is 0. The van der Waals surface area contributed by atoms with Gasteiger partial charge in [-0.25, -0.2) is 4.98 Å². The Bertz CT molecular complexity index is 458. The summed E-state index contributed by atoms with van der Waals surface area (Å²) in [7, 11) is 0. The third-order valence-corrected chi connectivity index (χ3v) is 5.80. The van der Waals surface area contributed by atoms with Crippen molar-refractivity contribution in [1.82, 2.24) is 4.98 Å². The molecule has 104 valence electrons. The second-order valence-electron chi connectivity index (χ2n) is 5.77. The van der Waals surface area contributed by atoms with Crippen molar-refractivity contribution in [3.63, 3.8) is 0 Å². The summed E-state index contributed by atoms with van der Waals surface area (Å²) in [5, 5.41) is 2.82. The molecule has 1 aromatic heterocycles. The highest BCUT2D eigenvalue weighted by Crippen LogP contribution is 2.46. The van der Waals surface area contributed by atoms with E-state index in [-0.39, 0.29) is 11.7 Å². The predicted molar refractivity (Wildman–Crippen MR) is 79.5 cm³/mol. The molecule has 1 saturated carbocycles. The van der Waals surface area contributed by atoms with Crippen LogP contribution >= 0.6 is 22.9 Å². The summed E-state index contributed by atoms with van der Waals surface area (Å²) in [5.74, 6) is -0.0554. The number of halogens is 1. The molecule has 0 aromatic carbocycles. The van der Waals surface area contributed by atoms with Gasteiger partial charge in [-0.1, -0.05) is 12.8 Å². The number of piperidine rings is 1. The number of nitrogens with zero attached hydrogens (tertiary/aromatic N) is 2. The molecule has 19 heavy (non-hydrogen) atoms. The average Bonchev–Trinajstić information content (AvgIpc) is 3.09. The Morgan fingerprint density at radius 3 is 2.63 bits per heavy atom. The molecule has 1 aliphatic carbocycles. The van der Waals surface area contributed by atoms with Crippen molar-refractivity contribution in [2.45, 2.75) is 38.5 Å². The van der Waals surface area contributed by atoms with Crippen LogP contribution in [0.4, 0.5) is 5.13 Å². The molecule has 0 atom stereocenters. The molecule has 1 aromatic rings. The molecule has 2 fully saturated rings. The van der Waals surface area contributed by atoms with Crippen LogP contribution in [0.3, 0.4) is 0 Å². The van der Waals surface area contributed by atoms with Gasteiger partial charge >= 0.3 is 0 Å². The zero-order valence-electron chi connectivity index (χ0n) is 11.0. The van der Waals surface area contributed by atoms with E-state index in [0.717, 1.165) is 18.2 Å². The molecule has 1 aliphatic heterocycles. The molecule has 2 heterocycles. The van der Waals surface area contributed by atoms with Crippen LogP contribution in [0.1, 0.15) is 49.0 Å². The van der Waals surface area contributed by atoms with Crippen LogP contribution < -0.4 is 4.90 Å². The zero-order chi connectivity index (χ0) is 13.3. The first-order valence-corrected chi connectivity index (χ1v) is 8.44. The van der Waals surface area contributed by atoms with Gasteiger partial charge < -0.3 is 4.90 Å². The number of hydrogen-bond acceptors (Lipinski definition) is 4. The monoisotopic (exact) mass is 298 g/mol. The summed E-state index contributed by atoms with van der Waals surface area (Å²) < 4.78 is 0. The van der Waals surface area contributed by atoms with Gasteiger partial charge in [0.25, 0.3) is 0 Å². The van der Waals surface area contributed by atoms with Crippen LogP contribution in [-0.2, 0) is 0 Å². The lowest BCUT2D eigenvalue weighted by molar-refractivity contribution is 0.101. The summed E-state index contributed by atoms with van der Waals surface area (Å²) in [5.41, 5.74) is 1.15. The molecule has 3 rings (SSSR count). The van der Waals surface area contributed by atoms with Crippen molar-refractivity contribution in [2.75, 3.05) is 23.9 Å². The Labute approximate surface area is 123 Å². The first-order valence-electron chi connectivity index (χ1n) is 7.02. The van der Waals surface area contributed by atoms with E-state index in [1.165, 1.54) is 38.5 Å². The molecular weight excluding hydrogens is 280 g/mol. The largest absolute Gasteiger partial charge is 0.348 e. The molecule has 0 unspecified atom stereocenters. The molecule has 1 saturated heterocycles. The van der Waals surface area contributed by atoms with Gasteiger partial charge in [-0.05, 0) is 31.1 Å². The molecule has 3 nitrogen and oxygen atoms in total. The number of carbonyl (C=O) groups excluding carboxylic acids is 1. The minimum Gasteiger partial charge on any atom is -0.348 e. The van der Waals surface area contributed by atoms with Gasteiger partial charge in [-0.3, -0.25) is 4.79 Å². The number of rotatable bonds is 3. The lowest BCUT2D eigenvalue weighted by Crippen LogP contribution is -2.38. The van der Waals surface area contributed by atoms with Crippen molar-refractivity contribution in [2.24, 2.45) is 5.41 Å². The van der Waals surface area contributed by atoms with Crippen LogP contribution in [0, 0.1) is 5.41 Å². The molecule has 0 radical (unpaired) electrons. The Hall–Kier alpha value is -0.610. The maximum Gasteiger partial charge on any atom is 0.196 e. The van der Waals surface area contributed by atoms with Crippen LogP contribution in [0.25, 0.3) is 0 Å². The van der Waals surface area contributed by atoms with Crippen LogP contribution in [0.2, 0.25) is 0 Å². The number of ketones is 1. The first kappa shape index (κ1) is 13.4. The highest BCUT2D eigenvalue weighted by molar-refractivity contribution is 7.14. The topological polar surface area (TPSA) is 33.2 Å². The Morgan fingerprint density at radius 2 is 2.00 bits per heavy atom. The minimum absolute atomic E-state index is 0.0201. The molecule has 2 aliphatic rings. The molecule has 0 amide bonds. The van der Waals surface area contributed by atoms with Gasteiger partial charge in [0.2, 0.25) is 0 Å². The SMILES string of the molecule is O=C(CCl)c1csc(N2CCC3(CCCC3)CC2)n1. The number of carbonyl (C=O) groups is 1. The number of thiazole rings is 1. The van der Waals surface area contributed by atoms with E-state index in [9.17, 15) is 4.79 Å². The molecular formula is C14H19ClN2OS. The van der Waals surface area contributed by atoms with Crippen LogP contribution in [-0.4, -0.2) is 29.7 Å². The van der Waals surface area contributed by atoms with E-state index in [0.29, 0.717) is 11.1 Å². The van der Waals surface area contributed by atoms with E-state index in [1.54, 1.807) is 11.3 Å². The molecule has 0 bridgehead atoms. The van der Waals surface area contributed by atoms with Gasteiger partial charge in [0, 0.05) is 18.5 Å². The van der Waals surface area contributed by atoms with Gasteiger partial charge in [0.05, 0.1) is 5.88 Å². The quantitative estimate of drug-likeness (QED) is 0.630. The smallest absolute Gasteiger partial charge is 0.196 e. The van der Waals surface area contributed by atoms with Gasteiger partial charge in [0.15, 0.2) is 10.9 Å². The van der Waals surface area contributed by atoms with Crippen molar-refractivity contribution < 1.29 is 4.79 Å². The highest BCUT2D eigenvalue weighted by Gasteiger charge is 2.37. The lowest BCUT2D eigenvalue weighted by Gasteiger charge is -2.39. The van der Waals surface area contributed by atoms with Gasteiger partial charge in [0.1, 0.15) is 5.69 Å². The molecule has 5 heteroatoms.